The molecule has 0 atom stereocenters. The molecule has 1 aliphatic rings. The summed E-state index contributed by atoms with van der Waals surface area (Å²) < 4.78 is 0. The minimum absolute atomic E-state index is 0.202. The van der Waals surface area contributed by atoms with Crippen LogP contribution in [0.15, 0.2) is 60.7 Å². The Morgan fingerprint density at radius 3 is 1.88 bits per heavy atom. The second-order valence-corrected chi connectivity index (χ2v) is 6.67. The number of hydrogen-bond acceptors (Lipinski definition) is 3. The Hall–Kier alpha value is -2.17. The van der Waals surface area contributed by atoms with Crippen LogP contribution in [0.1, 0.15) is 30.0 Å². The first kappa shape index (κ1) is 17.6. The van der Waals surface area contributed by atoms with Gasteiger partial charge in [0.1, 0.15) is 0 Å². The van der Waals surface area contributed by atoms with E-state index < -0.39 is 0 Å². The van der Waals surface area contributed by atoms with Gasteiger partial charge in [-0.15, -0.1) is 0 Å². The highest BCUT2D eigenvalue weighted by Crippen LogP contribution is 2.29. The normalized spacial score (nSPS) is 16.2. The summed E-state index contributed by atoms with van der Waals surface area (Å²) in [6.07, 6.45) is 1.34. The van der Waals surface area contributed by atoms with Gasteiger partial charge in [0.2, 0.25) is 5.91 Å². The predicted molar refractivity (Wildman–Crippen MR) is 101 cm³/mol. The molecule has 4 nitrogen and oxygen atoms in total. The number of carbonyl (C=O) groups excluding carboxylic acids is 1. The fraction of sp³-hybridized carbons (Fsp3) is 0.381. The number of rotatable bonds is 7. The summed E-state index contributed by atoms with van der Waals surface area (Å²) in [6.45, 7) is 5.10. The van der Waals surface area contributed by atoms with E-state index in [0.29, 0.717) is 12.5 Å². The van der Waals surface area contributed by atoms with Crippen molar-refractivity contribution in [2.24, 2.45) is 5.73 Å². The molecule has 1 aliphatic heterocycles. The van der Waals surface area contributed by atoms with Gasteiger partial charge in [0.15, 0.2) is 0 Å². The lowest BCUT2D eigenvalue weighted by Crippen LogP contribution is -2.48. The molecule has 25 heavy (non-hydrogen) atoms. The zero-order chi connectivity index (χ0) is 17.5. The maximum Gasteiger partial charge on any atom is 0.217 e. The van der Waals surface area contributed by atoms with Crippen molar-refractivity contribution in [3.63, 3.8) is 0 Å². The molecule has 1 saturated heterocycles. The molecule has 2 aromatic rings. The van der Waals surface area contributed by atoms with Gasteiger partial charge in [-0.25, -0.2) is 0 Å². The minimum Gasteiger partial charge on any atom is -0.370 e. The zero-order valence-corrected chi connectivity index (χ0v) is 14.7. The van der Waals surface area contributed by atoms with E-state index in [-0.39, 0.29) is 5.91 Å². The predicted octanol–water partition coefficient (Wildman–Crippen LogP) is 2.66. The molecule has 2 aromatic carbocycles. The number of piperazine rings is 1. The van der Waals surface area contributed by atoms with E-state index in [4.69, 9.17) is 5.73 Å². The topological polar surface area (TPSA) is 49.6 Å². The van der Waals surface area contributed by atoms with Crippen molar-refractivity contribution in [3.05, 3.63) is 71.8 Å². The average molecular weight is 337 g/mol. The molecule has 0 spiro atoms. The fourth-order valence-electron chi connectivity index (χ4n) is 3.61. The number of carbonyl (C=O) groups is 1. The van der Waals surface area contributed by atoms with E-state index in [2.05, 4.69) is 70.5 Å². The number of primary amides is 1. The SMILES string of the molecule is NC(=O)CCCN1CCN(C(c2ccccc2)c2ccccc2)CC1. The lowest BCUT2D eigenvalue weighted by atomic mass is 9.96. The van der Waals surface area contributed by atoms with E-state index >= 15 is 0 Å². The van der Waals surface area contributed by atoms with Crippen molar-refractivity contribution >= 4 is 5.91 Å². The van der Waals surface area contributed by atoms with Gasteiger partial charge in [-0.1, -0.05) is 60.7 Å². The molecule has 4 heteroatoms. The van der Waals surface area contributed by atoms with Gasteiger partial charge in [0.25, 0.3) is 0 Å². The Kier molecular flexibility index (Phi) is 6.20. The molecular formula is C21H27N3O. The summed E-state index contributed by atoms with van der Waals surface area (Å²) in [5.74, 6) is -0.202. The molecular weight excluding hydrogens is 310 g/mol. The minimum atomic E-state index is -0.202. The van der Waals surface area contributed by atoms with Crippen molar-refractivity contribution in [2.75, 3.05) is 32.7 Å². The number of amides is 1. The Bertz CT molecular complexity index is 612. The second kappa shape index (κ2) is 8.79. The van der Waals surface area contributed by atoms with Crippen LogP contribution in [0, 0.1) is 0 Å². The van der Waals surface area contributed by atoms with Gasteiger partial charge in [-0.2, -0.15) is 0 Å². The van der Waals surface area contributed by atoms with Crippen molar-refractivity contribution in [1.82, 2.24) is 9.80 Å². The van der Waals surface area contributed by atoms with Gasteiger partial charge >= 0.3 is 0 Å². The molecule has 0 unspecified atom stereocenters. The smallest absolute Gasteiger partial charge is 0.217 e. The standard InChI is InChI=1S/C21H27N3O/c22-20(25)12-7-13-23-14-16-24(17-15-23)21(18-8-3-1-4-9-18)19-10-5-2-6-11-19/h1-6,8-11,21H,7,12-17H2,(H2,22,25). The van der Waals surface area contributed by atoms with E-state index in [9.17, 15) is 4.79 Å². The average Bonchev–Trinajstić information content (AvgIpc) is 2.65. The summed E-state index contributed by atoms with van der Waals surface area (Å²) in [7, 11) is 0. The molecule has 2 N–H and O–H groups in total. The highest BCUT2D eigenvalue weighted by atomic mass is 16.1. The lowest BCUT2D eigenvalue weighted by molar-refractivity contribution is -0.118. The molecule has 1 fully saturated rings. The third kappa shape index (κ3) is 4.91. The first-order valence-electron chi connectivity index (χ1n) is 9.08. The summed E-state index contributed by atoms with van der Waals surface area (Å²) >= 11 is 0. The molecule has 0 saturated carbocycles. The highest BCUT2D eigenvalue weighted by molar-refractivity contribution is 5.73. The molecule has 1 heterocycles. The van der Waals surface area contributed by atoms with Gasteiger partial charge in [-0.3, -0.25) is 9.69 Å². The molecule has 1 amide bonds. The van der Waals surface area contributed by atoms with Crippen molar-refractivity contribution in [1.29, 1.82) is 0 Å². The third-order valence-corrected chi connectivity index (χ3v) is 4.90. The maximum atomic E-state index is 10.9. The molecule has 132 valence electrons. The Balaban J connectivity index is 1.66. The quantitative estimate of drug-likeness (QED) is 0.845. The fourth-order valence-corrected chi connectivity index (χ4v) is 3.61. The Morgan fingerprint density at radius 2 is 1.40 bits per heavy atom. The van der Waals surface area contributed by atoms with Crippen LogP contribution in [0.5, 0.6) is 0 Å². The summed E-state index contributed by atoms with van der Waals surface area (Å²) in [6, 6.07) is 21.8. The molecule has 0 bridgehead atoms. The maximum absolute atomic E-state index is 10.9. The van der Waals surface area contributed by atoms with E-state index in [1.165, 1.54) is 11.1 Å². The first-order chi connectivity index (χ1) is 12.2. The zero-order valence-electron chi connectivity index (χ0n) is 14.7. The second-order valence-electron chi connectivity index (χ2n) is 6.67. The van der Waals surface area contributed by atoms with Gasteiger partial charge in [0, 0.05) is 32.6 Å². The first-order valence-corrected chi connectivity index (χ1v) is 9.08. The van der Waals surface area contributed by atoms with Gasteiger partial charge in [0.05, 0.1) is 6.04 Å². The van der Waals surface area contributed by atoms with Crippen LogP contribution in [-0.4, -0.2) is 48.4 Å². The summed E-state index contributed by atoms with van der Waals surface area (Å²) in [5.41, 5.74) is 7.92. The molecule has 3 rings (SSSR count). The highest BCUT2D eigenvalue weighted by Gasteiger charge is 2.26. The van der Waals surface area contributed by atoms with Crippen LogP contribution in [-0.2, 0) is 4.79 Å². The Morgan fingerprint density at radius 1 is 0.880 bits per heavy atom. The monoisotopic (exact) mass is 337 g/mol. The molecule has 0 aliphatic carbocycles. The van der Waals surface area contributed by atoms with E-state index in [0.717, 1.165) is 39.1 Å². The number of benzene rings is 2. The lowest BCUT2D eigenvalue weighted by Gasteiger charge is -2.39. The number of nitrogens with zero attached hydrogens (tertiary/aromatic N) is 2. The van der Waals surface area contributed by atoms with E-state index in [1.54, 1.807) is 0 Å². The largest absolute Gasteiger partial charge is 0.370 e. The summed E-state index contributed by atoms with van der Waals surface area (Å²) in [5, 5.41) is 0. The number of nitrogens with two attached hydrogens (primary N) is 1. The van der Waals surface area contributed by atoms with Crippen molar-refractivity contribution in [2.45, 2.75) is 18.9 Å². The van der Waals surface area contributed by atoms with Crippen LogP contribution < -0.4 is 5.73 Å². The van der Waals surface area contributed by atoms with Crippen LogP contribution in [0.2, 0.25) is 0 Å². The van der Waals surface area contributed by atoms with Crippen LogP contribution in [0.4, 0.5) is 0 Å². The van der Waals surface area contributed by atoms with Gasteiger partial charge < -0.3 is 10.6 Å². The van der Waals surface area contributed by atoms with Crippen molar-refractivity contribution < 1.29 is 4.79 Å². The van der Waals surface area contributed by atoms with Crippen LogP contribution >= 0.6 is 0 Å². The van der Waals surface area contributed by atoms with Crippen LogP contribution in [0.25, 0.3) is 0 Å². The third-order valence-electron chi connectivity index (χ3n) is 4.90. The van der Waals surface area contributed by atoms with Crippen LogP contribution in [0.3, 0.4) is 0 Å². The summed E-state index contributed by atoms with van der Waals surface area (Å²) in [4.78, 5) is 15.9. The Labute approximate surface area is 150 Å². The van der Waals surface area contributed by atoms with Gasteiger partial charge in [-0.05, 0) is 24.1 Å². The number of hydrogen-bond donors (Lipinski definition) is 1. The molecule has 0 aromatic heterocycles. The van der Waals surface area contributed by atoms with E-state index in [1.807, 2.05) is 0 Å². The molecule has 0 radical (unpaired) electrons. The van der Waals surface area contributed by atoms with Crippen molar-refractivity contribution in [3.8, 4) is 0 Å².